The first-order valence-electron chi connectivity index (χ1n) is 9.43. The lowest BCUT2D eigenvalue weighted by molar-refractivity contribution is -0.0498. The summed E-state index contributed by atoms with van der Waals surface area (Å²) in [4.78, 5) is 17.5. The number of carbonyl (C=O) groups excluding carboxylic acids is 1. The SMILES string of the molecule is O=C(N/N=C\c1ccc(OC(F)F)cc1)c1cc(-c2ccccc2)nc2ccccc12. The predicted molar refractivity (Wildman–Crippen MR) is 115 cm³/mol. The molecule has 1 N–H and O–H groups in total. The van der Waals surface area contributed by atoms with Crippen molar-refractivity contribution in [1.82, 2.24) is 10.4 Å². The lowest BCUT2D eigenvalue weighted by atomic mass is 10.0. The fourth-order valence-electron chi connectivity index (χ4n) is 3.08. The summed E-state index contributed by atoms with van der Waals surface area (Å²) in [5, 5.41) is 4.70. The predicted octanol–water partition coefficient (Wildman–Crippen LogP) is 5.27. The van der Waals surface area contributed by atoms with Crippen LogP contribution in [0.25, 0.3) is 22.2 Å². The Morgan fingerprint density at radius 3 is 2.42 bits per heavy atom. The Balaban J connectivity index is 1.56. The minimum absolute atomic E-state index is 0.0490. The zero-order valence-electron chi connectivity index (χ0n) is 16.2. The number of hydrogen-bond acceptors (Lipinski definition) is 4. The zero-order valence-corrected chi connectivity index (χ0v) is 16.2. The number of amides is 1. The van der Waals surface area contributed by atoms with E-state index >= 15 is 0 Å². The van der Waals surface area contributed by atoms with Crippen molar-refractivity contribution in [3.8, 4) is 17.0 Å². The number of rotatable bonds is 6. The largest absolute Gasteiger partial charge is 0.435 e. The van der Waals surface area contributed by atoms with Crippen molar-refractivity contribution in [2.75, 3.05) is 0 Å². The fraction of sp³-hybridized carbons (Fsp3) is 0.0417. The quantitative estimate of drug-likeness (QED) is 0.344. The molecule has 0 aliphatic rings. The van der Waals surface area contributed by atoms with E-state index in [0.29, 0.717) is 27.7 Å². The van der Waals surface area contributed by atoms with Gasteiger partial charge in [0, 0.05) is 10.9 Å². The number of ether oxygens (including phenoxy) is 1. The molecule has 0 bridgehead atoms. The molecule has 0 aliphatic heterocycles. The van der Waals surface area contributed by atoms with E-state index in [2.05, 4.69) is 20.2 Å². The van der Waals surface area contributed by atoms with E-state index < -0.39 is 6.61 Å². The Labute approximate surface area is 177 Å². The van der Waals surface area contributed by atoms with Gasteiger partial charge in [-0.05, 0) is 42.0 Å². The third-order valence-corrected chi connectivity index (χ3v) is 4.52. The number of pyridine rings is 1. The number of nitrogens with zero attached hydrogens (tertiary/aromatic N) is 2. The molecule has 0 saturated carbocycles. The topological polar surface area (TPSA) is 63.6 Å². The Kier molecular flexibility index (Phi) is 5.93. The fourth-order valence-corrected chi connectivity index (χ4v) is 3.08. The van der Waals surface area contributed by atoms with Crippen LogP contribution in [-0.2, 0) is 0 Å². The average molecular weight is 417 g/mol. The molecule has 3 aromatic carbocycles. The Bertz CT molecular complexity index is 1230. The number of hydrazone groups is 1. The molecule has 0 fully saturated rings. The van der Waals surface area contributed by atoms with Crippen LogP contribution < -0.4 is 10.2 Å². The highest BCUT2D eigenvalue weighted by Gasteiger charge is 2.13. The van der Waals surface area contributed by atoms with Crippen LogP contribution in [-0.4, -0.2) is 23.7 Å². The number of para-hydroxylation sites is 1. The summed E-state index contributed by atoms with van der Waals surface area (Å²) in [5.74, 6) is -0.336. The average Bonchev–Trinajstić information content (AvgIpc) is 2.79. The second-order valence-corrected chi connectivity index (χ2v) is 6.58. The number of carbonyl (C=O) groups is 1. The van der Waals surface area contributed by atoms with Crippen molar-refractivity contribution in [2.24, 2.45) is 5.10 Å². The van der Waals surface area contributed by atoms with Crippen molar-refractivity contribution in [3.63, 3.8) is 0 Å². The molecule has 7 heteroatoms. The first-order chi connectivity index (χ1) is 15.1. The summed E-state index contributed by atoms with van der Waals surface area (Å²) in [6.07, 6.45) is 1.42. The standard InChI is InChI=1S/C24H17F2N3O2/c25-24(26)31-18-12-10-16(11-13-18)15-27-29-23(30)20-14-22(17-6-2-1-3-7-17)28-21-9-5-4-8-19(20)21/h1-15,24H,(H,29,30)/b27-15-. The molecule has 4 rings (SSSR count). The van der Waals surface area contributed by atoms with Crippen LogP contribution in [0.15, 0.2) is 90.0 Å². The minimum atomic E-state index is -2.88. The number of hydrogen-bond donors (Lipinski definition) is 1. The number of alkyl halides is 2. The molecule has 1 aromatic heterocycles. The van der Waals surface area contributed by atoms with Crippen LogP contribution in [0.2, 0.25) is 0 Å². The number of aromatic nitrogens is 1. The van der Waals surface area contributed by atoms with Crippen molar-refractivity contribution in [3.05, 3.63) is 96.1 Å². The highest BCUT2D eigenvalue weighted by Crippen LogP contribution is 2.24. The number of halogens is 2. The van der Waals surface area contributed by atoms with Gasteiger partial charge in [0.1, 0.15) is 5.75 Å². The monoisotopic (exact) mass is 417 g/mol. The zero-order chi connectivity index (χ0) is 21.6. The van der Waals surface area contributed by atoms with Gasteiger partial charge in [-0.25, -0.2) is 10.4 Å². The van der Waals surface area contributed by atoms with Gasteiger partial charge < -0.3 is 4.74 Å². The van der Waals surface area contributed by atoms with Gasteiger partial charge in [0.05, 0.1) is 23.0 Å². The smallest absolute Gasteiger partial charge is 0.387 e. The van der Waals surface area contributed by atoms with E-state index in [4.69, 9.17) is 0 Å². The highest BCUT2D eigenvalue weighted by molar-refractivity contribution is 6.07. The second kappa shape index (κ2) is 9.13. The molecule has 0 aliphatic carbocycles. The highest BCUT2D eigenvalue weighted by atomic mass is 19.3. The lowest BCUT2D eigenvalue weighted by Crippen LogP contribution is -2.18. The summed E-state index contributed by atoms with van der Waals surface area (Å²) in [7, 11) is 0. The normalized spacial score (nSPS) is 11.2. The molecule has 31 heavy (non-hydrogen) atoms. The Morgan fingerprint density at radius 1 is 0.968 bits per heavy atom. The van der Waals surface area contributed by atoms with E-state index in [1.807, 2.05) is 54.6 Å². The molecule has 1 heterocycles. The molecule has 0 unspecified atom stereocenters. The van der Waals surface area contributed by atoms with Crippen molar-refractivity contribution in [2.45, 2.75) is 6.61 Å². The van der Waals surface area contributed by atoms with Crippen LogP contribution in [0.3, 0.4) is 0 Å². The summed E-state index contributed by atoms with van der Waals surface area (Å²) in [6, 6.07) is 24.6. The van der Waals surface area contributed by atoms with Crippen LogP contribution in [0.5, 0.6) is 5.75 Å². The van der Waals surface area contributed by atoms with Gasteiger partial charge in [-0.2, -0.15) is 13.9 Å². The van der Waals surface area contributed by atoms with Crippen LogP contribution >= 0.6 is 0 Å². The van der Waals surface area contributed by atoms with Crippen LogP contribution in [0.4, 0.5) is 8.78 Å². The maximum atomic E-state index is 12.9. The van der Waals surface area contributed by atoms with Gasteiger partial charge in [0.15, 0.2) is 0 Å². The maximum Gasteiger partial charge on any atom is 0.387 e. The molecular weight excluding hydrogens is 400 g/mol. The van der Waals surface area contributed by atoms with Gasteiger partial charge in [0.25, 0.3) is 5.91 Å². The first kappa shape index (κ1) is 20.2. The van der Waals surface area contributed by atoms with Gasteiger partial charge in [-0.15, -0.1) is 0 Å². The molecule has 0 saturated heterocycles. The molecule has 5 nitrogen and oxygen atoms in total. The third-order valence-electron chi connectivity index (χ3n) is 4.52. The van der Waals surface area contributed by atoms with Gasteiger partial charge in [0.2, 0.25) is 0 Å². The van der Waals surface area contributed by atoms with E-state index in [-0.39, 0.29) is 11.7 Å². The molecule has 0 atom stereocenters. The second-order valence-electron chi connectivity index (χ2n) is 6.58. The summed E-state index contributed by atoms with van der Waals surface area (Å²) >= 11 is 0. The van der Waals surface area contributed by atoms with E-state index in [1.54, 1.807) is 18.2 Å². The van der Waals surface area contributed by atoms with Crippen molar-refractivity contribution >= 4 is 23.0 Å². The summed E-state index contributed by atoms with van der Waals surface area (Å²) < 4.78 is 28.7. The molecule has 154 valence electrons. The molecular formula is C24H17F2N3O2. The Morgan fingerprint density at radius 2 is 1.68 bits per heavy atom. The van der Waals surface area contributed by atoms with Crippen molar-refractivity contribution in [1.29, 1.82) is 0 Å². The molecule has 0 spiro atoms. The lowest BCUT2D eigenvalue weighted by Gasteiger charge is -2.09. The van der Waals surface area contributed by atoms with E-state index in [1.165, 1.54) is 18.3 Å². The first-order valence-corrected chi connectivity index (χ1v) is 9.43. The molecule has 0 radical (unpaired) electrons. The number of nitrogens with one attached hydrogen (secondary N) is 1. The summed E-state index contributed by atoms with van der Waals surface area (Å²) in [6.45, 7) is -2.88. The van der Waals surface area contributed by atoms with Crippen LogP contribution in [0.1, 0.15) is 15.9 Å². The van der Waals surface area contributed by atoms with Gasteiger partial charge in [-0.1, -0.05) is 48.5 Å². The van der Waals surface area contributed by atoms with E-state index in [0.717, 1.165) is 5.56 Å². The van der Waals surface area contributed by atoms with Crippen molar-refractivity contribution < 1.29 is 18.3 Å². The van der Waals surface area contributed by atoms with Crippen LogP contribution in [0, 0.1) is 0 Å². The van der Waals surface area contributed by atoms with E-state index in [9.17, 15) is 13.6 Å². The summed E-state index contributed by atoms with van der Waals surface area (Å²) in [5.41, 5.74) is 5.87. The minimum Gasteiger partial charge on any atom is -0.435 e. The van der Waals surface area contributed by atoms with Gasteiger partial charge in [-0.3, -0.25) is 4.79 Å². The van der Waals surface area contributed by atoms with Gasteiger partial charge >= 0.3 is 6.61 Å². The molecule has 4 aromatic rings. The third kappa shape index (κ3) is 4.90. The maximum absolute atomic E-state index is 12.9. The number of fused-ring (bicyclic) bond motifs is 1. The molecule has 1 amide bonds. The Hall–Kier alpha value is -4.13. The number of benzene rings is 3.